The van der Waals surface area contributed by atoms with Crippen molar-refractivity contribution in [2.24, 2.45) is 0 Å². The van der Waals surface area contributed by atoms with E-state index in [4.69, 9.17) is 0 Å². The van der Waals surface area contributed by atoms with E-state index in [1.54, 1.807) is 30.3 Å². The quantitative estimate of drug-likeness (QED) is 0.386. The molecule has 2 N–H and O–H groups in total. The van der Waals surface area contributed by atoms with E-state index < -0.39 is 4.92 Å². The fraction of sp³-hybridized carbons (Fsp3) is 0.316. The average Bonchev–Trinajstić information content (AvgIpc) is 2.65. The average molecular weight is 354 g/mol. The van der Waals surface area contributed by atoms with Crippen LogP contribution in [0, 0.1) is 10.1 Å². The zero-order valence-electron chi connectivity index (χ0n) is 14.9. The molecular weight excluding hydrogens is 332 g/mol. The summed E-state index contributed by atoms with van der Waals surface area (Å²) in [6.45, 7) is 7.58. The molecule has 0 saturated carbocycles. The number of anilines is 1. The lowest BCUT2D eigenvalue weighted by atomic mass is 10.1. The Labute approximate surface area is 150 Å². The van der Waals surface area contributed by atoms with Gasteiger partial charge in [-0.15, -0.1) is 0 Å². The van der Waals surface area contributed by atoms with Crippen LogP contribution in [-0.4, -0.2) is 41.0 Å². The Morgan fingerprint density at radius 3 is 2.58 bits per heavy atom. The maximum Gasteiger partial charge on any atom is 0.293 e. The standard InChI is InChI=1S/C19H22N4O3/c1-3-22(4-2)12-11-20-15-9-10-16(23(25)26)18-17(15)19(24)13-7-5-6-8-14(13)21-18/h5-10,20H,3-4,11-12H2,1-2H3,(H,21,24). The molecule has 0 aliphatic rings. The Morgan fingerprint density at radius 2 is 1.88 bits per heavy atom. The molecule has 0 fully saturated rings. The van der Waals surface area contributed by atoms with Crippen molar-refractivity contribution >= 4 is 33.2 Å². The van der Waals surface area contributed by atoms with Gasteiger partial charge in [0.05, 0.1) is 10.3 Å². The summed E-state index contributed by atoms with van der Waals surface area (Å²) in [5.74, 6) is 0. The van der Waals surface area contributed by atoms with Gasteiger partial charge in [0.15, 0.2) is 5.43 Å². The smallest absolute Gasteiger partial charge is 0.293 e. The van der Waals surface area contributed by atoms with E-state index in [2.05, 4.69) is 29.0 Å². The first-order chi connectivity index (χ1) is 12.6. The van der Waals surface area contributed by atoms with E-state index in [1.807, 2.05) is 0 Å². The van der Waals surface area contributed by atoms with Crippen molar-refractivity contribution in [1.82, 2.24) is 9.88 Å². The van der Waals surface area contributed by atoms with E-state index in [1.165, 1.54) is 6.07 Å². The van der Waals surface area contributed by atoms with Gasteiger partial charge < -0.3 is 15.2 Å². The molecular formula is C19H22N4O3. The lowest BCUT2D eigenvalue weighted by Crippen LogP contribution is -2.28. The number of aromatic nitrogens is 1. The molecule has 26 heavy (non-hydrogen) atoms. The van der Waals surface area contributed by atoms with Gasteiger partial charge in [-0.25, -0.2) is 0 Å². The molecule has 0 aliphatic heterocycles. The zero-order valence-corrected chi connectivity index (χ0v) is 14.9. The van der Waals surface area contributed by atoms with Crippen molar-refractivity contribution in [3.05, 3.63) is 56.7 Å². The van der Waals surface area contributed by atoms with Crippen LogP contribution in [0.25, 0.3) is 21.8 Å². The molecule has 2 aromatic carbocycles. The number of aromatic amines is 1. The highest BCUT2D eigenvalue weighted by Crippen LogP contribution is 2.29. The lowest BCUT2D eigenvalue weighted by molar-refractivity contribution is -0.383. The molecule has 0 spiro atoms. The Balaban J connectivity index is 2.12. The highest BCUT2D eigenvalue weighted by Gasteiger charge is 2.19. The number of nitro groups is 1. The molecule has 7 heteroatoms. The first-order valence-corrected chi connectivity index (χ1v) is 8.75. The van der Waals surface area contributed by atoms with Gasteiger partial charge in [0.2, 0.25) is 0 Å². The second-order valence-corrected chi connectivity index (χ2v) is 6.09. The van der Waals surface area contributed by atoms with Crippen molar-refractivity contribution < 1.29 is 4.92 Å². The summed E-state index contributed by atoms with van der Waals surface area (Å²) in [7, 11) is 0. The molecule has 136 valence electrons. The minimum atomic E-state index is -0.466. The van der Waals surface area contributed by atoms with Crippen LogP contribution in [0.2, 0.25) is 0 Å². The van der Waals surface area contributed by atoms with E-state index in [0.717, 1.165) is 19.6 Å². The third-order valence-electron chi connectivity index (χ3n) is 4.68. The number of nitrogens with one attached hydrogen (secondary N) is 2. The highest BCUT2D eigenvalue weighted by molar-refractivity contribution is 6.03. The summed E-state index contributed by atoms with van der Waals surface area (Å²) >= 11 is 0. The van der Waals surface area contributed by atoms with Crippen molar-refractivity contribution in [1.29, 1.82) is 0 Å². The minimum absolute atomic E-state index is 0.0999. The predicted molar refractivity (Wildman–Crippen MR) is 105 cm³/mol. The van der Waals surface area contributed by atoms with E-state index in [-0.39, 0.29) is 16.6 Å². The minimum Gasteiger partial charge on any atom is -0.383 e. The van der Waals surface area contributed by atoms with Crippen molar-refractivity contribution in [2.45, 2.75) is 13.8 Å². The number of nitrogens with zero attached hydrogens (tertiary/aromatic N) is 2. The largest absolute Gasteiger partial charge is 0.383 e. The SMILES string of the molecule is CCN(CC)CCNc1ccc([N+](=O)[O-])c2[nH]c3ccccc3c(=O)c12. The molecule has 0 saturated heterocycles. The Kier molecular flexibility index (Phi) is 5.18. The lowest BCUT2D eigenvalue weighted by Gasteiger charge is -2.19. The van der Waals surface area contributed by atoms with Crippen molar-refractivity contribution in [3.63, 3.8) is 0 Å². The Hall–Kier alpha value is -2.93. The number of rotatable bonds is 7. The van der Waals surface area contributed by atoms with Gasteiger partial charge in [-0.2, -0.15) is 0 Å². The molecule has 0 bridgehead atoms. The zero-order chi connectivity index (χ0) is 18.7. The normalized spacial score (nSPS) is 11.3. The number of hydrogen-bond acceptors (Lipinski definition) is 5. The van der Waals surface area contributed by atoms with Crippen LogP contribution in [0.5, 0.6) is 0 Å². The topological polar surface area (TPSA) is 91.3 Å². The number of fused-ring (bicyclic) bond motifs is 2. The van der Waals surface area contributed by atoms with Crippen molar-refractivity contribution in [2.75, 3.05) is 31.5 Å². The number of nitro benzene ring substituents is 1. The fourth-order valence-electron chi connectivity index (χ4n) is 3.20. The monoisotopic (exact) mass is 354 g/mol. The molecule has 1 aromatic heterocycles. The summed E-state index contributed by atoms with van der Waals surface area (Å²) in [6, 6.07) is 10.1. The number of likely N-dealkylation sites (N-methyl/N-ethyl adjacent to an activating group) is 1. The Morgan fingerprint density at radius 1 is 1.15 bits per heavy atom. The Bertz CT molecular complexity index is 1010. The molecule has 0 unspecified atom stereocenters. The van der Waals surface area contributed by atoms with Gasteiger partial charge in [0.1, 0.15) is 5.52 Å². The molecule has 0 aliphatic carbocycles. The number of pyridine rings is 1. The molecule has 0 radical (unpaired) electrons. The second kappa shape index (κ2) is 7.53. The van der Waals surface area contributed by atoms with E-state index in [0.29, 0.717) is 28.5 Å². The van der Waals surface area contributed by atoms with Gasteiger partial charge >= 0.3 is 0 Å². The number of benzene rings is 2. The van der Waals surface area contributed by atoms with Crippen LogP contribution in [0.15, 0.2) is 41.2 Å². The number of para-hydroxylation sites is 1. The number of H-pyrrole nitrogens is 1. The summed E-state index contributed by atoms with van der Waals surface area (Å²) in [6.07, 6.45) is 0. The highest BCUT2D eigenvalue weighted by atomic mass is 16.6. The van der Waals surface area contributed by atoms with Crippen LogP contribution in [0.1, 0.15) is 13.8 Å². The summed E-state index contributed by atoms with van der Waals surface area (Å²) in [5, 5.41) is 15.5. The second-order valence-electron chi connectivity index (χ2n) is 6.09. The van der Waals surface area contributed by atoms with Crippen LogP contribution < -0.4 is 10.7 Å². The molecule has 1 heterocycles. The molecule has 0 amide bonds. The van der Waals surface area contributed by atoms with Crippen LogP contribution in [-0.2, 0) is 0 Å². The third-order valence-corrected chi connectivity index (χ3v) is 4.68. The predicted octanol–water partition coefficient (Wildman–Crippen LogP) is 3.34. The van der Waals surface area contributed by atoms with Gasteiger partial charge in [-0.3, -0.25) is 14.9 Å². The first-order valence-electron chi connectivity index (χ1n) is 8.75. The molecule has 0 atom stereocenters. The van der Waals surface area contributed by atoms with E-state index >= 15 is 0 Å². The van der Waals surface area contributed by atoms with Gasteiger partial charge in [-0.05, 0) is 31.3 Å². The van der Waals surface area contributed by atoms with Crippen LogP contribution >= 0.6 is 0 Å². The molecule has 3 rings (SSSR count). The third kappa shape index (κ3) is 3.25. The van der Waals surface area contributed by atoms with E-state index in [9.17, 15) is 14.9 Å². The first kappa shape index (κ1) is 17.9. The van der Waals surface area contributed by atoms with Crippen LogP contribution in [0.3, 0.4) is 0 Å². The number of non-ortho nitro benzene ring substituents is 1. The fourth-order valence-corrected chi connectivity index (χ4v) is 3.20. The van der Waals surface area contributed by atoms with Gasteiger partial charge in [0, 0.05) is 35.7 Å². The summed E-state index contributed by atoms with van der Waals surface area (Å²) in [4.78, 5) is 29.3. The van der Waals surface area contributed by atoms with Crippen molar-refractivity contribution in [3.8, 4) is 0 Å². The summed E-state index contributed by atoms with van der Waals surface area (Å²) in [5.41, 5.74) is 1.16. The van der Waals surface area contributed by atoms with Crippen LogP contribution in [0.4, 0.5) is 11.4 Å². The number of hydrogen-bond donors (Lipinski definition) is 2. The molecule has 7 nitrogen and oxygen atoms in total. The maximum atomic E-state index is 13.0. The maximum absolute atomic E-state index is 13.0. The molecule has 3 aromatic rings. The summed E-state index contributed by atoms with van der Waals surface area (Å²) < 4.78 is 0. The van der Waals surface area contributed by atoms with Gasteiger partial charge in [0.25, 0.3) is 5.69 Å². The van der Waals surface area contributed by atoms with Gasteiger partial charge in [-0.1, -0.05) is 26.0 Å².